The second kappa shape index (κ2) is 6.73. The van der Waals surface area contributed by atoms with Gasteiger partial charge in [0.05, 0.1) is 18.1 Å². The highest BCUT2D eigenvalue weighted by molar-refractivity contribution is 6.07. The van der Waals surface area contributed by atoms with Crippen molar-refractivity contribution in [2.45, 2.75) is 6.42 Å². The van der Waals surface area contributed by atoms with Crippen molar-refractivity contribution in [3.05, 3.63) is 78.2 Å². The van der Waals surface area contributed by atoms with Crippen LogP contribution < -0.4 is 10.2 Å². The van der Waals surface area contributed by atoms with E-state index in [-0.39, 0.29) is 5.91 Å². The van der Waals surface area contributed by atoms with Crippen molar-refractivity contribution in [1.29, 1.82) is 0 Å². The van der Waals surface area contributed by atoms with Crippen LogP contribution in [-0.2, 0) is 6.42 Å². The summed E-state index contributed by atoms with van der Waals surface area (Å²) in [5.41, 5.74) is 3.78. The third-order valence-corrected chi connectivity index (χ3v) is 4.24. The molecule has 0 fully saturated rings. The molecule has 5 heteroatoms. The number of hydrogen-bond acceptors (Lipinski definition) is 4. The number of rotatable bonds is 5. The van der Waals surface area contributed by atoms with Crippen molar-refractivity contribution >= 4 is 23.4 Å². The van der Waals surface area contributed by atoms with Crippen LogP contribution in [0.4, 0.5) is 11.4 Å². The number of benzene rings is 1. The first-order valence-electron chi connectivity index (χ1n) is 8.22. The maximum atomic E-state index is 12.5. The van der Waals surface area contributed by atoms with E-state index in [4.69, 9.17) is 8.83 Å². The van der Waals surface area contributed by atoms with Crippen molar-refractivity contribution in [1.82, 2.24) is 0 Å². The molecule has 0 unspecified atom stereocenters. The Morgan fingerprint density at radius 3 is 3.00 bits per heavy atom. The van der Waals surface area contributed by atoms with E-state index >= 15 is 0 Å². The molecule has 126 valence electrons. The van der Waals surface area contributed by atoms with E-state index < -0.39 is 0 Å². The quantitative estimate of drug-likeness (QED) is 0.760. The lowest BCUT2D eigenvalue weighted by molar-refractivity contribution is 0.0989. The van der Waals surface area contributed by atoms with Gasteiger partial charge in [-0.1, -0.05) is 6.08 Å². The molecule has 0 spiro atoms. The number of nitrogens with one attached hydrogen (secondary N) is 1. The van der Waals surface area contributed by atoms with E-state index in [0.29, 0.717) is 18.7 Å². The zero-order valence-electron chi connectivity index (χ0n) is 13.6. The van der Waals surface area contributed by atoms with Gasteiger partial charge in [-0.15, -0.1) is 0 Å². The van der Waals surface area contributed by atoms with Crippen molar-refractivity contribution in [2.24, 2.45) is 0 Å². The average molecular weight is 334 g/mol. The third-order valence-electron chi connectivity index (χ3n) is 4.24. The maximum Gasteiger partial charge on any atom is 0.261 e. The molecule has 0 radical (unpaired) electrons. The Morgan fingerprint density at radius 2 is 2.20 bits per heavy atom. The van der Waals surface area contributed by atoms with Crippen molar-refractivity contribution in [3.8, 4) is 0 Å². The van der Waals surface area contributed by atoms with E-state index in [2.05, 4.69) is 11.4 Å². The van der Waals surface area contributed by atoms with Crippen LogP contribution in [0.25, 0.3) is 6.08 Å². The number of anilines is 2. The lowest BCUT2D eigenvalue weighted by atomic mass is 10.1. The largest absolute Gasteiger partial charge is 0.472 e. The summed E-state index contributed by atoms with van der Waals surface area (Å²) in [7, 11) is 0. The summed E-state index contributed by atoms with van der Waals surface area (Å²) in [6.45, 7) is 1.40. The fraction of sp³-hybridized carbons (Fsp3) is 0.150. The summed E-state index contributed by atoms with van der Waals surface area (Å²) in [5, 5.41) is 3.36. The molecule has 4 rings (SSSR count). The molecule has 2 aromatic heterocycles. The van der Waals surface area contributed by atoms with Crippen LogP contribution in [0.2, 0.25) is 0 Å². The van der Waals surface area contributed by atoms with Gasteiger partial charge in [-0.25, -0.2) is 0 Å². The van der Waals surface area contributed by atoms with Gasteiger partial charge in [-0.3, -0.25) is 4.79 Å². The maximum absolute atomic E-state index is 12.5. The first kappa shape index (κ1) is 15.3. The van der Waals surface area contributed by atoms with Gasteiger partial charge < -0.3 is 19.1 Å². The lowest BCUT2D eigenvalue weighted by Crippen LogP contribution is -2.28. The molecule has 1 aliphatic heterocycles. The fourth-order valence-corrected chi connectivity index (χ4v) is 3.00. The van der Waals surface area contributed by atoms with E-state index in [1.54, 1.807) is 17.2 Å². The molecule has 25 heavy (non-hydrogen) atoms. The standard InChI is InChI=1S/C20H18N2O3/c23-20(16-8-12-24-14-16)22-10-7-15-13-17(5-6-19(15)22)21-9-1-3-18-4-2-11-25-18/h1-6,8,11-14,21H,7,9-10H2. The molecule has 0 saturated heterocycles. The van der Waals surface area contributed by atoms with E-state index in [1.807, 2.05) is 36.4 Å². The molecule has 5 nitrogen and oxygen atoms in total. The van der Waals surface area contributed by atoms with Crippen molar-refractivity contribution < 1.29 is 13.6 Å². The topological polar surface area (TPSA) is 58.6 Å². The average Bonchev–Trinajstić information content (AvgIpc) is 3.39. The number of hydrogen-bond donors (Lipinski definition) is 1. The third kappa shape index (κ3) is 3.21. The minimum absolute atomic E-state index is 0.0189. The molecule has 3 heterocycles. The Labute approximate surface area is 145 Å². The fourth-order valence-electron chi connectivity index (χ4n) is 3.00. The molecule has 0 aliphatic carbocycles. The van der Waals surface area contributed by atoms with E-state index in [1.165, 1.54) is 18.1 Å². The Kier molecular flexibility index (Phi) is 4.12. The Hall–Kier alpha value is -3.21. The second-order valence-electron chi connectivity index (χ2n) is 5.86. The Balaban J connectivity index is 1.42. The van der Waals surface area contributed by atoms with Gasteiger partial charge in [0.2, 0.25) is 0 Å². The number of carbonyl (C=O) groups is 1. The van der Waals surface area contributed by atoms with Crippen molar-refractivity contribution in [2.75, 3.05) is 23.3 Å². The molecule has 0 saturated carbocycles. The molecule has 1 N–H and O–H groups in total. The van der Waals surface area contributed by atoms with Gasteiger partial charge in [0.1, 0.15) is 12.0 Å². The van der Waals surface area contributed by atoms with Crippen LogP contribution in [0, 0.1) is 0 Å². The highest BCUT2D eigenvalue weighted by Crippen LogP contribution is 2.31. The van der Waals surface area contributed by atoms with Gasteiger partial charge in [-0.2, -0.15) is 0 Å². The summed E-state index contributed by atoms with van der Waals surface area (Å²) < 4.78 is 10.3. The molecule has 0 bridgehead atoms. The molecule has 3 aromatic rings. The van der Waals surface area contributed by atoms with E-state index in [9.17, 15) is 4.79 Å². The molecular weight excluding hydrogens is 316 g/mol. The number of nitrogens with zero attached hydrogens (tertiary/aromatic N) is 1. The number of fused-ring (bicyclic) bond motifs is 1. The van der Waals surface area contributed by atoms with E-state index in [0.717, 1.165) is 23.6 Å². The van der Waals surface area contributed by atoms with Crippen LogP contribution >= 0.6 is 0 Å². The minimum atomic E-state index is -0.0189. The Bertz CT molecular complexity index is 880. The normalized spacial score (nSPS) is 13.4. The molecule has 1 amide bonds. The van der Waals surface area contributed by atoms with Crippen LogP contribution in [0.5, 0.6) is 0 Å². The minimum Gasteiger partial charge on any atom is -0.472 e. The monoisotopic (exact) mass is 334 g/mol. The number of furan rings is 2. The summed E-state index contributed by atoms with van der Waals surface area (Å²) in [6, 6.07) is 11.6. The van der Waals surface area contributed by atoms with Gasteiger partial charge in [0, 0.05) is 24.5 Å². The SMILES string of the molecule is O=C(c1ccoc1)N1CCc2cc(NCC=Cc3ccco3)ccc21. The summed E-state index contributed by atoms with van der Waals surface area (Å²) in [5.74, 6) is 0.818. The zero-order valence-corrected chi connectivity index (χ0v) is 13.6. The van der Waals surface area contributed by atoms with Crippen LogP contribution in [-0.4, -0.2) is 19.0 Å². The van der Waals surface area contributed by atoms with Crippen LogP contribution in [0.15, 0.2) is 70.1 Å². The lowest BCUT2D eigenvalue weighted by Gasteiger charge is -2.16. The molecule has 1 aromatic carbocycles. The zero-order chi connectivity index (χ0) is 17.1. The predicted molar refractivity (Wildman–Crippen MR) is 96.8 cm³/mol. The van der Waals surface area contributed by atoms with Gasteiger partial charge in [-0.05, 0) is 54.5 Å². The summed E-state index contributed by atoms with van der Waals surface area (Å²) >= 11 is 0. The smallest absolute Gasteiger partial charge is 0.261 e. The van der Waals surface area contributed by atoms with Gasteiger partial charge in [0.15, 0.2) is 0 Å². The molecule has 1 aliphatic rings. The first-order chi connectivity index (χ1) is 12.3. The van der Waals surface area contributed by atoms with Crippen LogP contribution in [0.3, 0.4) is 0 Å². The highest BCUT2D eigenvalue weighted by Gasteiger charge is 2.26. The number of carbonyl (C=O) groups excluding carboxylic acids is 1. The van der Waals surface area contributed by atoms with Gasteiger partial charge >= 0.3 is 0 Å². The predicted octanol–water partition coefficient (Wildman–Crippen LogP) is 4.20. The Morgan fingerprint density at radius 1 is 1.24 bits per heavy atom. The van der Waals surface area contributed by atoms with Crippen LogP contribution in [0.1, 0.15) is 21.7 Å². The summed E-state index contributed by atoms with van der Waals surface area (Å²) in [4.78, 5) is 14.3. The first-order valence-corrected chi connectivity index (χ1v) is 8.22. The molecular formula is C20H18N2O3. The molecule has 0 atom stereocenters. The van der Waals surface area contributed by atoms with Crippen molar-refractivity contribution in [3.63, 3.8) is 0 Å². The second-order valence-corrected chi connectivity index (χ2v) is 5.86. The van der Waals surface area contributed by atoms with Gasteiger partial charge in [0.25, 0.3) is 5.91 Å². The number of amides is 1. The summed E-state index contributed by atoms with van der Waals surface area (Å²) in [6.07, 6.45) is 9.47. The highest BCUT2D eigenvalue weighted by atomic mass is 16.3.